The molecule has 0 unspecified atom stereocenters. The van der Waals surface area contributed by atoms with E-state index in [1.807, 2.05) is 0 Å². The Morgan fingerprint density at radius 1 is 1.00 bits per heavy atom. The van der Waals surface area contributed by atoms with E-state index in [1.165, 1.54) is 49.1 Å². The van der Waals surface area contributed by atoms with Crippen LogP contribution in [0.25, 0.3) is 16.7 Å². The van der Waals surface area contributed by atoms with E-state index >= 15 is 0 Å². The molecule has 13 heteroatoms. The van der Waals surface area contributed by atoms with Crippen LogP contribution < -0.4 is 10.1 Å². The number of hydrogen-bond donors (Lipinski definition) is 2. The standard InChI is InChI=1S/C24H23N5O8/c1-13(2)23(33)36-7-6-25-24(34)37-9-8-35-14-4-5-20(30)19(10-14)29-26-17-11-15-16(12-18(17)27-29)22(32)28(3)21(15)31/h4-5,10-12,30H,1,6-9H2,2-3H3,(H,25,34). The fourth-order valence-electron chi connectivity index (χ4n) is 3.40. The van der Waals surface area contributed by atoms with Crippen molar-refractivity contribution in [2.45, 2.75) is 6.92 Å². The highest BCUT2D eigenvalue weighted by Gasteiger charge is 2.33. The molecule has 0 saturated heterocycles. The summed E-state index contributed by atoms with van der Waals surface area (Å²) < 4.78 is 15.4. The topological polar surface area (TPSA) is 162 Å². The molecule has 3 aromatic rings. The Kier molecular flexibility index (Phi) is 7.04. The number of phenolic OH excluding ortho intramolecular Hbond substituents is 1. The summed E-state index contributed by atoms with van der Waals surface area (Å²) in [5.74, 6) is -1.17. The lowest BCUT2D eigenvalue weighted by molar-refractivity contribution is -0.138. The molecule has 0 aliphatic carbocycles. The minimum atomic E-state index is -0.705. The van der Waals surface area contributed by atoms with Gasteiger partial charge in [-0.3, -0.25) is 14.5 Å². The maximum absolute atomic E-state index is 12.2. The highest BCUT2D eigenvalue weighted by atomic mass is 16.6. The van der Waals surface area contributed by atoms with Crippen molar-refractivity contribution in [2.75, 3.05) is 33.4 Å². The van der Waals surface area contributed by atoms with Crippen molar-refractivity contribution in [2.24, 2.45) is 0 Å². The van der Waals surface area contributed by atoms with Crippen LogP contribution in [0.5, 0.6) is 11.5 Å². The maximum atomic E-state index is 12.2. The Hall–Kier alpha value is -4.94. The number of rotatable bonds is 9. The third kappa shape index (κ3) is 5.34. The third-order valence-corrected chi connectivity index (χ3v) is 5.29. The summed E-state index contributed by atoms with van der Waals surface area (Å²) in [6.45, 7) is 4.98. The molecule has 3 amide bonds. The molecule has 1 aliphatic heterocycles. The molecule has 4 rings (SSSR count). The first-order valence-corrected chi connectivity index (χ1v) is 11.1. The second-order valence-electron chi connectivity index (χ2n) is 8.02. The van der Waals surface area contributed by atoms with Crippen molar-refractivity contribution >= 4 is 34.9 Å². The molecule has 37 heavy (non-hydrogen) atoms. The van der Waals surface area contributed by atoms with Crippen LogP contribution in [-0.2, 0) is 14.3 Å². The monoisotopic (exact) mass is 509 g/mol. The summed E-state index contributed by atoms with van der Waals surface area (Å²) in [5, 5.41) is 21.4. The molecular weight excluding hydrogens is 486 g/mol. The molecule has 2 aromatic carbocycles. The van der Waals surface area contributed by atoms with Gasteiger partial charge in [-0.1, -0.05) is 6.58 Å². The number of aromatic nitrogens is 3. The van der Waals surface area contributed by atoms with Gasteiger partial charge in [0.25, 0.3) is 11.8 Å². The lowest BCUT2D eigenvalue weighted by Gasteiger charge is -2.10. The predicted octanol–water partition coefficient (Wildman–Crippen LogP) is 1.58. The Balaban J connectivity index is 1.34. The van der Waals surface area contributed by atoms with Crippen molar-refractivity contribution in [1.82, 2.24) is 25.2 Å². The number of hydrogen-bond acceptors (Lipinski definition) is 10. The third-order valence-electron chi connectivity index (χ3n) is 5.29. The molecule has 0 fully saturated rings. The molecule has 0 spiro atoms. The van der Waals surface area contributed by atoms with Gasteiger partial charge in [0.1, 0.15) is 48.0 Å². The van der Waals surface area contributed by atoms with E-state index in [0.717, 1.165) is 4.90 Å². The van der Waals surface area contributed by atoms with Crippen molar-refractivity contribution in [3.8, 4) is 17.2 Å². The van der Waals surface area contributed by atoms with Gasteiger partial charge in [-0.15, -0.1) is 15.0 Å². The summed E-state index contributed by atoms with van der Waals surface area (Å²) in [6.07, 6.45) is -0.705. The van der Waals surface area contributed by atoms with E-state index in [-0.39, 0.29) is 54.5 Å². The molecule has 1 aromatic heterocycles. The minimum absolute atomic E-state index is 0.0151. The number of carbonyl (C=O) groups is 4. The number of ether oxygens (including phenoxy) is 3. The van der Waals surface area contributed by atoms with E-state index in [0.29, 0.717) is 16.8 Å². The van der Waals surface area contributed by atoms with Gasteiger partial charge in [0, 0.05) is 18.7 Å². The SMILES string of the molecule is C=C(C)C(=O)OCCNC(=O)OCCOc1ccc(O)c(-n2nc3cc4c(cc3n2)C(=O)N(C)C4=O)c1. The number of phenols is 1. The second kappa shape index (κ2) is 10.4. The fourth-order valence-corrected chi connectivity index (χ4v) is 3.40. The van der Waals surface area contributed by atoms with Gasteiger partial charge < -0.3 is 24.6 Å². The highest BCUT2D eigenvalue weighted by molar-refractivity contribution is 6.22. The highest BCUT2D eigenvalue weighted by Crippen LogP contribution is 2.29. The predicted molar refractivity (Wildman–Crippen MR) is 128 cm³/mol. The number of fused-ring (bicyclic) bond motifs is 2. The van der Waals surface area contributed by atoms with Crippen molar-refractivity contribution in [1.29, 1.82) is 0 Å². The first-order chi connectivity index (χ1) is 17.7. The van der Waals surface area contributed by atoms with Gasteiger partial charge in [-0.05, 0) is 31.2 Å². The Bertz CT molecular complexity index is 1380. The number of esters is 1. The Labute approximate surface area is 210 Å². The van der Waals surface area contributed by atoms with Gasteiger partial charge >= 0.3 is 12.1 Å². The van der Waals surface area contributed by atoms with Gasteiger partial charge in [0.15, 0.2) is 0 Å². The van der Waals surface area contributed by atoms with Crippen LogP contribution in [0.2, 0.25) is 0 Å². The fraction of sp³-hybridized carbons (Fsp3) is 0.250. The lowest BCUT2D eigenvalue weighted by Crippen LogP contribution is -2.29. The van der Waals surface area contributed by atoms with Crippen LogP contribution in [0.3, 0.4) is 0 Å². The Morgan fingerprint density at radius 3 is 2.27 bits per heavy atom. The van der Waals surface area contributed by atoms with Crippen LogP contribution in [-0.4, -0.2) is 82.3 Å². The number of carbonyl (C=O) groups excluding carboxylic acids is 4. The molecule has 0 radical (unpaired) electrons. The van der Waals surface area contributed by atoms with Crippen LogP contribution in [0, 0.1) is 0 Å². The van der Waals surface area contributed by atoms with Crippen LogP contribution in [0.4, 0.5) is 4.79 Å². The summed E-state index contributed by atoms with van der Waals surface area (Å²) in [7, 11) is 1.40. The molecule has 2 N–H and O–H groups in total. The van der Waals surface area contributed by atoms with Crippen molar-refractivity contribution in [3.63, 3.8) is 0 Å². The number of alkyl carbamates (subject to hydrolysis) is 1. The smallest absolute Gasteiger partial charge is 0.407 e. The maximum Gasteiger partial charge on any atom is 0.407 e. The molecule has 13 nitrogen and oxygen atoms in total. The van der Waals surface area contributed by atoms with E-state index in [1.54, 1.807) is 0 Å². The number of imide groups is 1. The molecule has 192 valence electrons. The summed E-state index contributed by atoms with van der Waals surface area (Å²) in [5.41, 5.74) is 1.68. The van der Waals surface area contributed by atoms with E-state index in [2.05, 4.69) is 22.1 Å². The summed E-state index contributed by atoms with van der Waals surface area (Å²) in [6, 6.07) is 7.37. The van der Waals surface area contributed by atoms with E-state index < -0.39 is 23.9 Å². The molecular formula is C24H23N5O8. The zero-order valence-electron chi connectivity index (χ0n) is 20.0. The zero-order valence-corrected chi connectivity index (χ0v) is 20.0. The quantitative estimate of drug-likeness (QED) is 0.187. The summed E-state index contributed by atoms with van der Waals surface area (Å²) >= 11 is 0. The van der Waals surface area contributed by atoms with E-state index in [9.17, 15) is 24.3 Å². The average molecular weight is 509 g/mol. The first kappa shape index (κ1) is 25.2. The molecule has 0 bridgehead atoms. The zero-order chi connectivity index (χ0) is 26.7. The molecule has 0 saturated carbocycles. The number of nitrogens with zero attached hydrogens (tertiary/aromatic N) is 4. The Morgan fingerprint density at radius 2 is 1.65 bits per heavy atom. The normalized spacial score (nSPS) is 12.4. The number of nitrogens with one attached hydrogen (secondary N) is 1. The first-order valence-electron chi connectivity index (χ1n) is 11.1. The lowest BCUT2D eigenvalue weighted by atomic mass is 10.1. The number of amides is 3. The molecule has 1 aliphatic rings. The molecule has 2 heterocycles. The van der Waals surface area contributed by atoms with Crippen LogP contribution in [0.1, 0.15) is 27.6 Å². The van der Waals surface area contributed by atoms with Crippen molar-refractivity contribution in [3.05, 3.63) is 53.6 Å². The molecule has 0 atom stereocenters. The summed E-state index contributed by atoms with van der Waals surface area (Å²) in [4.78, 5) is 49.6. The second-order valence-corrected chi connectivity index (χ2v) is 8.02. The van der Waals surface area contributed by atoms with Gasteiger partial charge in [-0.2, -0.15) is 0 Å². The average Bonchev–Trinajstić information content (AvgIpc) is 3.38. The number of benzene rings is 2. The van der Waals surface area contributed by atoms with Crippen LogP contribution in [0.15, 0.2) is 42.5 Å². The number of aromatic hydroxyl groups is 1. The van der Waals surface area contributed by atoms with Crippen molar-refractivity contribution < 1.29 is 38.5 Å². The van der Waals surface area contributed by atoms with Gasteiger partial charge in [-0.25, -0.2) is 9.59 Å². The minimum Gasteiger partial charge on any atom is -0.506 e. The van der Waals surface area contributed by atoms with Crippen LogP contribution >= 0.6 is 0 Å². The van der Waals surface area contributed by atoms with Gasteiger partial charge in [0.2, 0.25) is 0 Å². The van der Waals surface area contributed by atoms with Gasteiger partial charge in [0.05, 0.1) is 17.7 Å². The largest absolute Gasteiger partial charge is 0.506 e. The van der Waals surface area contributed by atoms with E-state index in [4.69, 9.17) is 14.2 Å².